The highest BCUT2D eigenvalue weighted by Gasteiger charge is 2.34. The number of carbonyl (C=O) groups is 1. The number of carbonyl (C=O) groups excluding carboxylic acids is 1. The highest BCUT2D eigenvalue weighted by Crippen LogP contribution is 2.35. The van der Waals surface area contributed by atoms with Crippen molar-refractivity contribution in [2.75, 3.05) is 11.9 Å². The second-order valence-corrected chi connectivity index (χ2v) is 6.28. The number of hydrogen-bond donors (Lipinski definition) is 1. The minimum absolute atomic E-state index is 0.0612. The van der Waals surface area contributed by atoms with E-state index in [2.05, 4.69) is 15.0 Å². The second kappa shape index (κ2) is 5.98. The van der Waals surface area contributed by atoms with Gasteiger partial charge >= 0.3 is 0 Å². The van der Waals surface area contributed by atoms with Gasteiger partial charge < -0.3 is 4.98 Å². The monoisotopic (exact) mass is 334 g/mol. The lowest BCUT2D eigenvalue weighted by molar-refractivity contribution is -0.113. The van der Waals surface area contributed by atoms with Gasteiger partial charge in [0.15, 0.2) is 5.17 Å². The number of fused-ring (bicyclic) bond motifs is 1. The summed E-state index contributed by atoms with van der Waals surface area (Å²) >= 11 is 1.38. The van der Waals surface area contributed by atoms with Crippen molar-refractivity contribution in [3.63, 3.8) is 0 Å². The quantitative estimate of drug-likeness (QED) is 0.727. The van der Waals surface area contributed by atoms with Crippen LogP contribution in [0.15, 0.2) is 64.8 Å². The number of aromatic amines is 1. The van der Waals surface area contributed by atoms with Crippen molar-refractivity contribution in [2.45, 2.75) is 0 Å². The Kier molecular flexibility index (Phi) is 3.66. The number of nitrogens with one attached hydrogen (secondary N) is 1. The second-order valence-electron chi connectivity index (χ2n) is 5.27. The fourth-order valence-corrected chi connectivity index (χ4v) is 3.56. The summed E-state index contributed by atoms with van der Waals surface area (Å²) < 4.78 is 0. The molecule has 4 rings (SSSR count). The average Bonchev–Trinajstić information content (AvgIpc) is 3.20. The molecule has 5 nitrogen and oxygen atoms in total. The molecular weight excluding hydrogens is 320 g/mol. The van der Waals surface area contributed by atoms with Crippen LogP contribution >= 0.6 is 11.8 Å². The van der Waals surface area contributed by atoms with Crippen LogP contribution < -0.4 is 4.90 Å². The molecule has 0 unspecified atom stereocenters. The van der Waals surface area contributed by atoms with E-state index in [1.54, 1.807) is 18.3 Å². The van der Waals surface area contributed by atoms with Gasteiger partial charge in [0.25, 0.3) is 5.91 Å². The van der Waals surface area contributed by atoms with Gasteiger partial charge in [0.1, 0.15) is 0 Å². The Morgan fingerprint density at radius 3 is 2.83 bits per heavy atom. The molecule has 0 saturated carbocycles. The van der Waals surface area contributed by atoms with Gasteiger partial charge in [-0.15, -0.1) is 0 Å². The van der Waals surface area contributed by atoms with Gasteiger partial charge in [0.2, 0.25) is 0 Å². The third kappa shape index (κ3) is 2.51. The number of amidine groups is 1. The Bertz CT molecular complexity index is 975. The van der Waals surface area contributed by atoms with E-state index in [-0.39, 0.29) is 5.91 Å². The zero-order valence-electron chi connectivity index (χ0n) is 12.9. The maximum absolute atomic E-state index is 12.8. The van der Waals surface area contributed by atoms with Crippen molar-refractivity contribution >= 4 is 45.6 Å². The Morgan fingerprint density at radius 1 is 1.21 bits per heavy atom. The lowest BCUT2D eigenvalue weighted by Gasteiger charge is -2.14. The Morgan fingerprint density at radius 2 is 2.04 bits per heavy atom. The van der Waals surface area contributed by atoms with E-state index in [1.165, 1.54) is 11.8 Å². The average molecular weight is 334 g/mol. The van der Waals surface area contributed by atoms with Crippen LogP contribution in [0.25, 0.3) is 17.1 Å². The number of rotatable bonds is 2. The smallest absolute Gasteiger partial charge is 0.271 e. The molecule has 24 heavy (non-hydrogen) atoms. The number of thioether (sulfide) groups is 1. The third-order valence-corrected chi connectivity index (χ3v) is 4.82. The highest BCUT2D eigenvalue weighted by molar-refractivity contribution is 8.19. The molecule has 2 aromatic carbocycles. The van der Waals surface area contributed by atoms with Crippen molar-refractivity contribution in [3.8, 4) is 0 Å². The van der Waals surface area contributed by atoms with Crippen LogP contribution in [0.1, 0.15) is 5.56 Å². The molecule has 0 bridgehead atoms. The number of amides is 1. The first kappa shape index (κ1) is 14.7. The predicted molar refractivity (Wildman–Crippen MR) is 98.9 cm³/mol. The number of aliphatic imine (C=N–C) groups is 1. The lowest BCUT2D eigenvalue weighted by Crippen LogP contribution is -2.28. The topological polar surface area (TPSA) is 61.4 Å². The van der Waals surface area contributed by atoms with Crippen molar-refractivity contribution < 1.29 is 4.79 Å². The summed E-state index contributed by atoms with van der Waals surface area (Å²) in [5, 5.41) is 0.679. The standard InChI is InChI=1S/C18H14N4OS/c1-19-18-22(13-5-3-2-4-6-13)17(23)16(24-18)10-12-7-8-14-15(9-12)21-11-20-14/h2-11H,1H3,(H,20,21)/b16-10-,19-18-. The largest absolute Gasteiger partial charge is 0.345 e. The van der Waals surface area contributed by atoms with Gasteiger partial charge in [-0.25, -0.2) is 4.98 Å². The molecule has 0 spiro atoms. The van der Waals surface area contributed by atoms with E-state index in [1.807, 2.05) is 54.6 Å². The number of imidazole rings is 1. The summed E-state index contributed by atoms with van der Waals surface area (Å²) in [4.78, 5) is 26.7. The number of H-pyrrole nitrogens is 1. The van der Waals surface area contributed by atoms with E-state index in [0.29, 0.717) is 10.1 Å². The van der Waals surface area contributed by atoms with Gasteiger partial charge in [-0.3, -0.25) is 14.7 Å². The molecule has 0 aliphatic carbocycles. The van der Waals surface area contributed by atoms with E-state index in [4.69, 9.17) is 0 Å². The van der Waals surface area contributed by atoms with Crippen LogP contribution in [-0.2, 0) is 4.79 Å². The predicted octanol–water partition coefficient (Wildman–Crippen LogP) is 3.67. The van der Waals surface area contributed by atoms with Gasteiger partial charge in [-0.05, 0) is 47.7 Å². The fourth-order valence-electron chi connectivity index (χ4n) is 2.62. The molecule has 118 valence electrons. The summed E-state index contributed by atoms with van der Waals surface area (Å²) in [6, 6.07) is 15.4. The number of hydrogen-bond acceptors (Lipinski definition) is 4. The van der Waals surface area contributed by atoms with Crippen LogP contribution in [0, 0.1) is 0 Å². The van der Waals surface area contributed by atoms with Gasteiger partial charge in [-0.1, -0.05) is 24.3 Å². The molecule has 1 aliphatic rings. The van der Waals surface area contributed by atoms with Gasteiger partial charge in [-0.2, -0.15) is 0 Å². The van der Waals surface area contributed by atoms with Crippen molar-refractivity contribution in [3.05, 3.63) is 65.3 Å². The third-order valence-electron chi connectivity index (χ3n) is 3.76. The normalized spacial score (nSPS) is 18.2. The van der Waals surface area contributed by atoms with Crippen LogP contribution in [0.3, 0.4) is 0 Å². The van der Waals surface area contributed by atoms with E-state index >= 15 is 0 Å². The number of para-hydroxylation sites is 1. The van der Waals surface area contributed by atoms with Gasteiger partial charge in [0.05, 0.1) is 28.0 Å². The maximum Gasteiger partial charge on any atom is 0.271 e. The Labute approximate surface area is 143 Å². The SMILES string of the molecule is C/N=C1\S/C(=C\c2ccc3[nH]cnc3c2)C(=O)N1c1ccccc1. The highest BCUT2D eigenvalue weighted by atomic mass is 32.2. The zero-order valence-corrected chi connectivity index (χ0v) is 13.7. The molecule has 1 aromatic heterocycles. The first-order valence-electron chi connectivity index (χ1n) is 7.45. The molecule has 1 saturated heterocycles. The molecule has 1 amide bonds. The van der Waals surface area contributed by atoms with Crippen LogP contribution in [-0.4, -0.2) is 28.1 Å². The van der Waals surface area contributed by atoms with Crippen molar-refractivity contribution in [2.24, 2.45) is 4.99 Å². The molecule has 1 aliphatic heterocycles. The van der Waals surface area contributed by atoms with Crippen LogP contribution in [0.4, 0.5) is 5.69 Å². The summed E-state index contributed by atoms with van der Waals surface area (Å²) in [6.07, 6.45) is 3.55. The molecule has 0 radical (unpaired) electrons. The number of nitrogens with zero attached hydrogens (tertiary/aromatic N) is 3. The summed E-state index contributed by atoms with van der Waals surface area (Å²) in [5.74, 6) is -0.0612. The fraction of sp³-hybridized carbons (Fsp3) is 0.0556. The minimum atomic E-state index is -0.0612. The summed E-state index contributed by atoms with van der Waals surface area (Å²) in [5.41, 5.74) is 3.62. The molecule has 1 fully saturated rings. The van der Waals surface area contributed by atoms with Gasteiger partial charge in [0, 0.05) is 7.05 Å². The number of aromatic nitrogens is 2. The number of benzene rings is 2. The van der Waals surface area contributed by atoms with Crippen LogP contribution in [0.5, 0.6) is 0 Å². The van der Waals surface area contributed by atoms with Crippen LogP contribution in [0.2, 0.25) is 0 Å². The first-order chi connectivity index (χ1) is 11.8. The molecule has 1 N–H and O–H groups in total. The minimum Gasteiger partial charge on any atom is -0.345 e. The van der Waals surface area contributed by atoms with E-state index in [9.17, 15) is 4.79 Å². The zero-order chi connectivity index (χ0) is 16.5. The molecular formula is C18H14N4OS. The van der Waals surface area contributed by atoms with E-state index < -0.39 is 0 Å². The summed E-state index contributed by atoms with van der Waals surface area (Å²) in [6.45, 7) is 0. The molecule has 6 heteroatoms. The Hall–Kier alpha value is -2.86. The molecule has 0 atom stereocenters. The lowest BCUT2D eigenvalue weighted by atomic mass is 10.2. The molecule has 2 heterocycles. The summed E-state index contributed by atoms with van der Waals surface area (Å²) in [7, 11) is 1.70. The maximum atomic E-state index is 12.8. The number of anilines is 1. The van der Waals surface area contributed by atoms with Crippen molar-refractivity contribution in [1.82, 2.24) is 9.97 Å². The molecule has 3 aromatic rings. The first-order valence-corrected chi connectivity index (χ1v) is 8.27. The van der Waals surface area contributed by atoms with E-state index in [0.717, 1.165) is 22.3 Å². The Balaban J connectivity index is 1.72. The van der Waals surface area contributed by atoms with Crippen molar-refractivity contribution in [1.29, 1.82) is 0 Å².